The fraction of sp³-hybridized carbons (Fsp3) is 0.167. The average molecular weight is 430 g/mol. The molecule has 6 heteroatoms. The van der Waals surface area contributed by atoms with Gasteiger partial charge in [-0.15, -0.1) is 11.3 Å². The summed E-state index contributed by atoms with van der Waals surface area (Å²) < 4.78 is 3.43. The molecule has 0 aliphatic heterocycles. The molecule has 0 fully saturated rings. The number of nitrogens with one attached hydrogen (secondary N) is 1. The van der Waals surface area contributed by atoms with Crippen LogP contribution in [0, 0.1) is 0 Å². The van der Waals surface area contributed by atoms with E-state index in [4.69, 9.17) is 23.2 Å². The Balaban J connectivity index is 2.26. The van der Waals surface area contributed by atoms with E-state index >= 15 is 0 Å². The number of para-hydroxylation sites is 1. The smallest absolute Gasteiger partial charge is 0.0996 e. The van der Waals surface area contributed by atoms with E-state index in [0.717, 1.165) is 24.5 Å². The second kappa shape index (κ2) is 6.14. The minimum atomic E-state index is 0.0799. The number of thiophene rings is 1. The van der Waals surface area contributed by atoms with Gasteiger partial charge in [0.25, 0.3) is 0 Å². The third kappa shape index (κ3) is 3.23. The van der Waals surface area contributed by atoms with Crippen molar-refractivity contribution in [2.75, 3.05) is 5.32 Å². The molecule has 0 spiro atoms. The van der Waals surface area contributed by atoms with Crippen LogP contribution in [0.1, 0.15) is 18.5 Å². The number of hydrogen-bond acceptors (Lipinski definition) is 2. The van der Waals surface area contributed by atoms with Gasteiger partial charge in [0.1, 0.15) is 0 Å². The number of halogens is 4. The topological polar surface area (TPSA) is 12.0 Å². The molecule has 0 bridgehead atoms. The molecule has 1 N–H and O–H groups in total. The summed E-state index contributed by atoms with van der Waals surface area (Å²) >= 11 is 20.5. The Bertz CT molecular complexity index is 551. The molecule has 0 aliphatic carbocycles. The summed E-state index contributed by atoms with van der Waals surface area (Å²) in [6.45, 7) is 2.05. The fourth-order valence-corrected chi connectivity index (χ4v) is 4.45. The van der Waals surface area contributed by atoms with Crippen LogP contribution >= 0.6 is 66.4 Å². The molecule has 0 saturated heterocycles. The minimum Gasteiger partial charge on any atom is -0.377 e. The largest absolute Gasteiger partial charge is 0.377 e. The molecule has 1 nitrogen and oxygen atoms in total. The molecule has 96 valence electrons. The van der Waals surface area contributed by atoms with Crippen LogP contribution in [-0.2, 0) is 0 Å². The Morgan fingerprint density at radius 1 is 1.22 bits per heavy atom. The van der Waals surface area contributed by atoms with Gasteiger partial charge in [0.15, 0.2) is 0 Å². The van der Waals surface area contributed by atoms with Crippen LogP contribution in [0.2, 0.25) is 8.67 Å². The van der Waals surface area contributed by atoms with Gasteiger partial charge in [0.05, 0.1) is 20.4 Å². The normalized spacial score (nSPS) is 12.5. The van der Waals surface area contributed by atoms with Crippen LogP contribution in [-0.4, -0.2) is 0 Å². The summed E-state index contributed by atoms with van der Waals surface area (Å²) in [6.07, 6.45) is 0. The van der Waals surface area contributed by atoms with E-state index in [-0.39, 0.29) is 6.04 Å². The molecule has 1 aromatic carbocycles. The summed E-state index contributed by atoms with van der Waals surface area (Å²) in [4.78, 5) is 0. The van der Waals surface area contributed by atoms with Crippen molar-refractivity contribution in [2.24, 2.45) is 0 Å². The van der Waals surface area contributed by atoms with Crippen molar-refractivity contribution >= 4 is 72.1 Å². The summed E-state index contributed by atoms with van der Waals surface area (Å²) in [6, 6.07) is 7.93. The maximum absolute atomic E-state index is 6.16. The molecule has 0 saturated carbocycles. The lowest BCUT2D eigenvalue weighted by Crippen LogP contribution is -2.07. The van der Waals surface area contributed by atoms with Crippen molar-refractivity contribution in [3.63, 3.8) is 0 Å². The second-order valence-corrected chi connectivity index (χ2v) is 7.74. The zero-order chi connectivity index (χ0) is 13.3. The van der Waals surface area contributed by atoms with E-state index in [1.165, 1.54) is 11.3 Å². The van der Waals surface area contributed by atoms with Crippen LogP contribution in [0.5, 0.6) is 0 Å². The Kier molecular flexibility index (Phi) is 5.00. The van der Waals surface area contributed by atoms with E-state index in [1.807, 2.05) is 24.3 Å². The molecule has 18 heavy (non-hydrogen) atoms. The highest BCUT2D eigenvalue weighted by atomic mass is 79.9. The zero-order valence-electron chi connectivity index (χ0n) is 9.31. The molecule has 0 radical (unpaired) electrons. The van der Waals surface area contributed by atoms with Gasteiger partial charge in [-0.1, -0.05) is 29.3 Å². The van der Waals surface area contributed by atoms with Crippen molar-refractivity contribution in [1.29, 1.82) is 0 Å². The van der Waals surface area contributed by atoms with Gasteiger partial charge in [0, 0.05) is 14.5 Å². The van der Waals surface area contributed by atoms with Gasteiger partial charge < -0.3 is 5.32 Å². The van der Waals surface area contributed by atoms with Crippen molar-refractivity contribution in [1.82, 2.24) is 0 Å². The molecule has 1 heterocycles. The third-order valence-corrected chi connectivity index (χ3v) is 5.31. The van der Waals surface area contributed by atoms with Gasteiger partial charge in [-0.25, -0.2) is 0 Å². The number of benzene rings is 1. The predicted molar refractivity (Wildman–Crippen MR) is 88.2 cm³/mol. The lowest BCUT2D eigenvalue weighted by Gasteiger charge is -2.17. The molecule has 1 atom stereocenters. The zero-order valence-corrected chi connectivity index (χ0v) is 14.8. The number of hydrogen-bond donors (Lipinski definition) is 1. The molecule has 1 unspecified atom stereocenters. The Morgan fingerprint density at radius 3 is 2.33 bits per heavy atom. The highest BCUT2D eigenvalue weighted by Crippen LogP contribution is 2.38. The second-order valence-electron chi connectivity index (χ2n) is 3.74. The van der Waals surface area contributed by atoms with Gasteiger partial charge in [-0.05, 0) is 57.0 Å². The first kappa shape index (κ1) is 14.7. The number of rotatable bonds is 3. The molecular formula is C12H9Br2Cl2NS. The third-order valence-electron chi connectivity index (χ3n) is 2.47. The quantitative estimate of drug-likeness (QED) is 0.568. The van der Waals surface area contributed by atoms with Crippen LogP contribution in [0.15, 0.2) is 33.2 Å². The van der Waals surface area contributed by atoms with Crippen molar-refractivity contribution in [2.45, 2.75) is 13.0 Å². The number of anilines is 1. The fourth-order valence-electron chi connectivity index (χ4n) is 1.58. The first-order chi connectivity index (χ1) is 8.49. The van der Waals surface area contributed by atoms with E-state index in [2.05, 4.69) is 44.1 Å². The van der Waals surface area contributed by atoms with Crippen LogP contribution in [0.3, 0.4) is 0 Å². The highest BCUT2D eigenvalue weighted by molar-refractivity contribution is 9.11. The first-order valence-electron chi connectivity index (χ1n) is 5.14. The average Bonchev–Trinajstić information content (AvgIpc) is 2.63. The molecular weight excluding hydrogens is 421 g/mol. The standard InChI is InChI=1S/C12H9Br2Cl2NS/c1-6(7-5-10(15)18-12(7)16)17-11-8(13)3-2-4-9(11)14/h2-6,17H,1H3. The van der Waals surface area contributed by atoms with Gasteiger partial charge in [0.2, 0.25) is 0 Å². The van der Waals surface area contributed by atoms with Gasteiger partial charge in [-0.3, -0.25) is 0 Å². The van der Waals surface area contributed by atoms with Gasteiger partial charge in [-0.2, -0.15) is 0 Å². The SMILES string of the molecule is CC(Nc1c(Br)cccc1Br)c1cc(Cl)sc1Cl. The maximum Gasteiger partial charge on any atom is 0.0996 e. The Morgan fingerprint density at radius 2 is 1.83 bits per heavy atom. The summed E-state index contributed by atoms with van der Waals surface area (Å²) in [5, 5.41) is 3.42. The van der Waals surface area contributed by atoms with Crippen molar-refractivity contribution in [3.05, 3.63) is 47.4 Å². The molecule has 1 aromatic heterocycles. The Hall–Kier alpha value is 0.260. The first-order valence-corrected chi connectivity index (χ1v) is 8.30. The van der Waals surface area contributed by atoms with E-state index in [0.29, 0.717) is 4.34 Å². The lowest BCUT2D eigenvalue weighted by atomic mass is 10.1. The lowest BCUT2D eigenvalue weighted by molar-refractivity contribution is 0.888. The van der Waals surface area contributed by atoms with Crippen molar-refractivity contribution < 1.29 is 0 Å². The van der Waals surface area contributed by atoms with Crippen LogP contribution in [0.4, 0.5) is 5.69 Å². The van der Waals surface area contributed by atoms with E-state index < -0.39 is 0 Å². The van der Waals surface area contributed by atoms with E-state index in [1.54, 1.807) is 0 Å². The monoisotopic (exact) mass is 427 g/mol. The predicted octanol–water partition coefficient (Wildman–Crippen LogP) is 6.75. The highest BCUT2D eigenvalue weighted by Gasteiger charge is 2.15. The molecule has 0 amide bonds. The van der Waals surface area contributed by atoms with Crippen molar-refractivity contribution in [3.8, 4) is 0 Å². The molecule has 2 aromatic rings. The molecule has 2 rings (SSSR count). The van der Waals surface area contributed by atoms with Crippen LogP contribution in [0.25, 0.3) is 0 Å². The molecule has 0 aliphatic rings. The summed E-state index contributed by atoms with van der Waals surface area (Å²) in [7, 11) is 0. The Labute approximate surface area is 137 Å². The van der Waals surface area contributed by atoms with E-state index in [9.17, 15) is 0 Å². The van der Waals surface area contributed by atoms with Gasteiger partial charge >= 0.3 is 0 Å². The maximum atomic E-state index is 6.16. The summed E-state index contributed by atoms with van der Waals surface area (Å²) in [5.41, 5.74) is 2.01. The minimum absolute atomic E-state index is 0.0799. The summed E-state index contributed by atoms with van der Waals surface area (Å²) in [5.74, 6) is 0. The van der Waals surface area contributed by atoms with Crippen LogP contribution < -0.4 is 5.32 Å².